The number of carbonyl (C=O) groups is 1. The highest BCUT2D eigenvalue weighted by atomic mass is 16.6. The monoisotopic (exact) mass is 446 g/mol. The molecule has 0 saturated carbocycles. The molecule has 0 radical (unpaired) electrons. The van der Waals surface area contributed by atoms with Crippen LogP contribution in [0.3, 0.4) is 0 Å². The molecule has 4 rings (SSSR count). The first kappa shape index (κ1) is 21.6. The number of aromatic carboxylic acids is 1. The van der Waals surface area contributed by atoms with Crippen molar-refractivity contribution in [1.29, 1.82) is 0 Å². The van der Waals surface area contributed by atoms with Crippen LogP contribution >= 0.6 is 0 Å². The Balaban J connectivity index is 2.26. The van der Waals surface area contributed by atoms with Gasteiger partial charge in [0.25, 0.3) is 0 Å². The van der Waals surface area contributed by atoms with Crippen molar-refractivity contribution < 1.29 is 29.1 Å². The van der Waals surface area contributed by atoms with Crippen LogP contribution in [0.15, 0.2) is 68.1 Å². The number of aromatic hydroxyl groups is 1. The third kappa shape index (κ3) is 3.76. The first-order valence-electron chi connectivity index (χ1n) is 9.69. The van der Waals surface area contributed by atoms with Crippen molar-refractivity contribution in [1.82, 2.24) is 0 Å². The summed E-state index contributed by atoms with van der Waals surface area (Å²) in [6.45, 7) is 0. The Morgan fingerprint density at radius 3 is 2.33 bits per heavy atom. The second-order valence-electron chi connectivity index (χ2n) is 6.89. The van der Waals surface area contributed by atoms with E-state index in [0.717, 1.165) is 0 Å². The molecule has 0 fully saturated rings. The van der Waals surface area contributed by atoms with Gasteiger partial charge in [-0.2, -0.15) is 0 Å². The first-order chi connectivity index (χ1) is 16.0. The summed E-state index contributed by atoms with van der Waals surface area (Å²) in [6, 6.07) is 12.5. The minimum atomic E-state index is -1.12. The summed E-state index contributed by atoms with van der Waals surface area (Å²) < 4.78 is 6.13. The van der Waals surface area contributed by atoms with Gasteiger partial charge in [0.15, 0.2) is 5.43 Å². The van der Waals surface area contributed by atoms with Crippen molar-refractivity contribution in [2.24, 2.45) is 10.3 Å². The zero-order valence-corrected chi connectivity index (χ0v) is 17.6. The molecule has 2 aliphatic rings. The van der Waals surface area contributed by atoms with Gasteiger partial charge in [-0.1, -0.05) is 28.5 Å². The number of carboxylic acids is 1. The first-order valence-corrected chi connectivity index (χ1v) is 9.69. The average molecular weight is 446 g/mol. The molecule has 2 N–H and O–H groups in total. The lowest BCUT2D eigenvalue weighted by atomic mass is 9.89. The Labute approximate surface area is 187 Å². The summed E-state index contributed by atoms with van der Waals surface area (Å²) >= 11 is 0. The quantitative estimate of drug-likeness (QED) is 0.261. The van der Waals surface area contributed by atoms with Gasteiger partial charge in [-0.15, -0.1) is 0 Å². The highest BCUT2D eigenvalue weighted by Crippen LogP contribution is 2.44. The number of hydrogen-bond acceptors (Lipinski definition) is 8. The van der Waals surface area contributed by atoms with Crippen LogP contribution in [0.25, 0.3) is 33.4 Å². The molecule has 0 saturated heterocycles. The van der Waals surface area contributed by atoms with Crippen LogP contribution in [0.2, 0.25) is 0 Å². The molecule has 0 bridgehead atoms. The third-order valence-corrected chi connectivity index (χ3v) is 5.07. The van der Waals surface area contributed by atoms with E-state index in [9.17, 15) is 19.8 Å². The van der Waals surface area contributed by atoms with Crippen LogP contribution in [0.5, 0.6) is 5.75 Å². The fraction of sp³-hybridized carbons (Fsp3) is 0.0833. The van der Waals surface area contributed by atoms with Crippen molar-refractivity contribution in [3.63, 3.8) is 0 Å². The zero-order valence-electron chi connectivity index (χ0n) is 17.6. The van der Waals surface area contributed by atoms with Gasteiger partial charge in [-0.05, 0) is 35.9 Å². The smallest absolute Gasteiger partial charge is 0.336 e. The Kier molecular flexibility index (Phi) is 5.77. The number of benzene rings is 3. The molecule has 9 nitrogen and oxygen atoms in total. The van der Waals surface area contributed by atoms with Gasteiger partial charge in [0.05, 0.1) is 29.1 Å². The lowest BCUT2D eigenvalue weighted by molar-refractivity contribution is 0.0697. The van der Waals surface area contributed by atoms with Crippen LogP contribution in [-0.2, 0) is 9.68 Å². The van der Waals surface area contributed by atoms with E-state index in [1.54, 1.807) is 30.3 Å². The second-order valence-corrected chi connectivity index (χ2v) is 6.89. The van der Waals surface area contributed by atoms with Crippen molar-refractivity contribution >= 4 is 29.4 Å². The van der Waals surface area contributed by atoms with E-state index in [-0.39, 0.29) is 39.2 Å². The van der Waals surface area contributed by atoms with Gasteiger partial charge in [0.1, 0.15) is 31.3 Å². The number of nitrogens with zero attached hydrogens (tertiary/aromatic N) is 2. The van der Waals surface area contributed by atoms with E-state index in [2.05, 4.69) is 10.3 Å². The molecule has 1 aliphatic heterocycles. The fourth-order valence-electron chi connectivity index (χ4n) is 3.67. The van der Waals surface area contributed by atoms with E-state index in [1.165, 1.54) is 44.8 Å². The number of carboxylic acid groups (broad SMARTS) is 1. The lowest BCUT2D eigenvalue weighted by Crippen LogP contribution is -2.11. The normalized spacial score (nSPS) is 11.6. The summed E-state index contributed by atoms with van der Waals surface area (Å²) in [4.78, 5) is 34.1. The Morgan fingerprint density at radius 2 is 1.64 bits per heavy atom. The van der Waals surface area contributed by atoms with Crippen LogP contribution in [0, 0.1) is 0 Å². The SMILES string of the molecule is CO/N=C/c1c2oc3c(/C=N/OC)c(O)ccc3c(-c3ccccc3C(=O)O)c-2ccc1=O. The van der Waals surface area contributed by atoms with Crippen molar-refractivity contribution in [3.8, 4) is 28.2 Å². The Morgan fingerprint density at radius 1 is 0.939 bits per heavy atom. The summed E-state index contributed by atoms with van der Waals surface area (Å²) in [5.74, 6) is -1.12. The molecule has 0 amide bonds. The van der Waals surface area contributed by atoms with E-state index in [0.29, 0.717) is 22.1 Å². The van der Waals surface area contributed by atoms with E-state index >= 15 is 0 Å². The van der Waals surface area contributed by atoms with Crippen molar-refractivity contribution in [3.05, 3.63) is 75.4 Å². The van der Waals surface area contributed by atoms with Gasteiger partial charge >= 0.3 is 5.97 Å². The second kappa shape index (κ2) is 8.83. The molecule has 0 aromatic heterocycles. The molecule has 0 spiro atoms. The summed E-state index contributed by atoms with van der Waals surface area (Å²) in [5.41, 5.74) is 1.54. The predicted molar refractivity (Wildman–Crippen MR) is 122 cm³/mol. The number of oxime groups is 2. The maximum absolute atomic E-state index is 12.6. The number of fused-ring (bicyclic) bond motifs is 2. The molecule has 0 unspecified atom stereocenters. The highest BCUT2D eigenvalue weighted by Gasteiger charge is 2.25. The van der Waals surface area contributed by atoms with Crippen molar-refractivity contribution in [2.45, 2.75) is 0 Å². The number of rotatable bonds is 6. The van der Waals surface area contributed by atoms with Gasteiger partial charge in [0.2, 0.25) is 0 Å². The molecule has 2 aromatic carbocycles. The molecule has 33 heavy (non-hydrogen) atoms. The Hall–Kier alpha value is -4.66. The molecule has 0 atom stereocenters. The summed E-state index contributed by atoms with van der Waals surface area (Å²) in [7, 11) is 2.69. The van der Waals surface area contributed by atoms with Crippen LogP contribution < -0.4 is 5.43 Å². The van der Waals surface area contributed by atoms with Gasteiger partial charge < -0.3 is 24.3 Å². The average Bonchev–Trinajstić information content (AvgIpc) is 2.81. The summed E-state index contributed by atoms with van der Waals surface area (Å²) in [6.07, 6.45) is 2.49. The zero-order chi connectivity index (χ0) is 23.5. The predicted octanol–water partition coefficient (Wildman–Crippen LogP) is 3.93. The van der Waals surface area contributed by atoms with Gasteiger partial charge in [-0.25, -0.2) is 4.79 Å². The Bertz CT molecular complexity index is 1450. The minimum absolute atomic E-state index is 0.0600. The molecule has 2 aromatic rings. The number of phenols is 1. The number of hydrogen-bond donors (Lipinski definition) is 2. The highest BCUT2D eigenvalue weighted by molar-refractivity contribution is 6.12. The minimum Gasteiger partial charge on any atom is -0.507 e. The fourth-order valence-corrected chi connectivity index (χ4v) is 3.67. The van der Waals surface area contributed by atoms with Gasteiger partial charge in [-0.3, -0.25) is 4.79 Å². The standard InChI is InChI=1S/C24H18N2O7/c1-31-25-11-17-19(27)9-7-15-21(13-5-3-4-6-14(13)24(29)30)16-8-10-20(28)18(12-26-32-2)23(16)33-22(15)17/h3-12,27H,1-2H3,(H,29,30)/b25-11+,26-12+. The largest absolute Gasteiger partial charge is 0.507 e. The van der Waals surface area contributed by atoms with E-state index in [1.807, 2.05) is 0 Å². The van der Waals surface area contributed by atoms with E-state index in [4.69, 9.17) is 14.1 Å². The topological polar surface area (TPSA) is 131 Å². The molecule has 166 valence electrons. The lowest BCUT2D eigenvalue weighted by Gasteiger charge is -2.19. The summed E-state index contributed by atoms with van der Waals surface area (Å²) in [5, 5.41) is 28.2. The van der Waals surface area contributed by atoms with Crippen LogP contribution in [0.4, 0.5) is 0 Å². The number of phenolic OH excluding ortho intramolecular Hbond substituents is 1. The maximum atomic E-state index is 12.6. The molecule has 1 heterocycles. The van der Waals surface area contributed by atoms with Crippen LogP contribution in [-0.4, -0.2) is 42.8 Å². The van der Waals surface area contributed by atoms with Gasteiger partial charge in [0, 0.05) is 16.5 Å². The molecule has 9 heteroatoms. The molecule has 1 aliphatic carbocycles. The molecular formula is C24H18N2O7. The third-order valence-electron chi connectivity index (χ3n) is 5.07. The van der Waals surface area contributed by atoms with Crippen molar-refractivity contribution in [2.75, 3.05) is 14.2 Å². The molecular weight excluding hydrogens is 428 g/mol. The van der Waals surface area contributed by atoms with Crippen LogP contribution in [0.1, 0.15) is 21.5 Å². The van der Waals surface area contributed by atoms with E-state index < -0.39 is 5.97 Å². The maximum Gasteiger partial charge on any atom is 0.336 e.